The molecule has 2 aromatic heterocycles. The van der Waals surface area contributed by atoms with Crippen LogP contribution in [0.1, 0.15) is 5.56 Å². The van der Waals surface area contributed by atoms with Crippen molar-refractivity contribution in [2.75, 3.05) is 36.0 Å². The Hall–Kier alpha value is -2.99. The lowest BCUT2D eigenvalue weighted by molar-refractivity contribution is 0.639. The zero-order valence-electron chi connectivity index (χ0n) is 14.6. The number of piperazine rings is 1. The number of nitrogens with zero attached hydrogens (tertiary/aromatic N) is 5. The van der Waals surface area contributed by atoms with Crippen LogP contribution in [-0.2, 0) is 6.54 Å². The van der Waals surface area contributed by atoms with Crippen molar-refractivity contribution in [3.8, 4) is 11.1 Å². The van der Waals surface area contributed by atoms with Gasteiger partial charge in [0.05, 0.1) is 11.9 Å². The lowest BCUT2D eigenvalue weighted by Crippen LogP contribution is -2.47. The van der Waals surface area contributed by atoms with Gasteiger partial charge in [0.1, 0.15) is 0 Å². The van der Waals surface area contributed by atoms with Crippen LogP contribution in [0.25, 0.3) is 11.1 Å². The highest BCUT2D eigenvalue weighted by molar-refractivity contribution is 5.63. The topological polar surface area (TPSA) is 71.2 Å². The minimum absolute atomic E-state index is 0.536. The van der Waals surface area contributed by atoms with Gasteiger partial charge in [0.2, 0.25) is 5.95 Å². The molecule has 1 saturated heterocycles. The number of rotatable bonds is 4. The van der Waals surface area contributed by atoms with E-state index in [1.165, 1.54) is 5.69 Å². The lowest BCUT2D eigenvalue weighted by atomic mass is 10.1. The first-order valence-electron chi connectivity index (χ1n) is 8.85. The van der Waals surface area contributed by atoms with E-state index in [1.807, 2.05) is 36.8 Å². The molecule has 0 amide bonds. The molecule has 26 heavy (non-hydrogen) atoms. The van der Waals surface area contributed by atoms with E-state index >= 15 is 0 Å². The summed E-state index contributed by atoms with van der Waals surface area (Å²) >= 11 is 0. The summed E-state index contributed by atoms with van der Waals surface area (Å²) in [4.78, 5) is 17.9. The molecule has 1 aliphatic rings. The number of hydrogen-bond acceptors (Lipinski definition) is 6. The molecule has 1 fully saturated rings. The van der Waals surface area contributed by atoms with Crippen molar-refractivity contribution in [3.63, 3.8) is 0 Å². The van der Waals surface area contributed by atoms with E-state index in [4.69, 9.17) is 5.73 Å². The molecule has 1 aliphatic heterocycles. The summed E-state index contributed by atoms with van der Waals surface area (Å²) in [5.74, 6) is 0.787. The van der Waals surface area contributed by atoms with Crippen LogP contribution in [0.5, 0.6) is 0 Å². The zero-order valence-corrected chi connectivity index (χ0v) is 14.6. The van der Waals surface area contributed by atoms with Gasteiger partial charge in [-0.1, -0.05) is 18.2 Å². The predicted molar refractivity (Wildman–Crippen MR) is 104 cm³/mol. The molecule has 0 saturated carbocycles. The Kier molecular flexibility index (Phi) is 4.75. The lowest BCUT2D eigenvalue weighted by Gasteiger charge is -2.35. The normalized spacial score (nSPS) is 14.5. The molecule has 3 heterocycles. The minimum atomic E-state index is 0.536. The molecule has 132 valence electrons. The molecule has 3 aromatic rings. The second-order valence-corrected chi connectivity index (χ2v) is 6.36. The summed E-state index contributed by atoms with van der Waals surface area (Å²) in [7, 11) is 0. The Morgan fingerprint density at radius 1 is 0.846 bits per heavy atom. The van der Waals surface area contributed by atoms with Crippen LogP contribution >= 0.6 is 0 Å². The second kappa shape index (κ2) is 7.49. The van der Waals surface area contributed by atoms with Gasteiger partial charge in [0.15, 0.2) is 0 Å². The van der Waals surface area contributed by atoms with Crippen molar-refractivity contribution < 1.29 is 0 Å². The third kappa shape index (κ3) is 3.50. The molecular weight excluding hydrogens is 324 g/mol. The van der Waals surface area contributed by atoms with Crippen LogP contribution in [0.15, 0.2) is 61.2 Å². The van der Waals surface area contributed by atoms with E-state index in [2.05, 4.69) is 43.0 Å². The Balaban J connectivity index is 1.43. The number of anilines is 2. The highest BCUT2D eigenvalue weighted by Gasteiger charge is 2.19. The fourth-order valence-corrected chi connectivity index (χ4v) is 3.22. The summed E-state index contributed by atoms with van der Waals surface area (Å²) in [5.41, 5.74) is 10.1. The van der Waals surface area contributed by atoms with E-state index in [1.54, 1.807) is 6.20 Å². The van der Waals surface area contributed by atoms with Gasteiger partial charge in [-0.3, -0.25) is 4.98 Å². The molecular formula is C20H22N6. The van der Waals surface area contributed by atoms with Gasteiger partial charge in [-0.05, 0) is 29.3 Å². The van der Waals surface area contributed by atoms with Gasteiger partial charge in [-0.2, -0.15) is 0 Å². The third-order valence-corrected chi connectivity index (χ3v) is 4.71. The summed E-state index contributed by atoms with van der Waals surface area (Å²) in [5, 5.41) is 0. The Morgan fingerprint density at radius 2 is 1.62 bits per heavy atom. The SMILES string of the molecule is NCc1cccc(-c2cnc(N3CCN(c4cccnc4)CC3)nc2)c1. The molecule has 4 rings (SSSR count). The van der Waals surface area contributed by atoms with Gasteiger partial charge in [0.25, 0.3) is 0 Å². The monoisotopic (exact) mass is 346 g/mol. The van der Waals surface area contributed by atoms with Crippen LogP contribution in [0.4, 0.5) is 11.6 Å². The van der Waals surface area contributed by atoms with Crippen molar-refractivity contribution in [2.45, 2.75) is 6.54 Å². The van der Waals surface area contributed by atoms with E-state index in [-0.39, 0.29) is 0 Å². The Bertz CT molecular complexity index is 842. The van der Waals surface area contributed by atoms with Gasteiger partial charge in [-0.15, -0.1) is 0 Å². The highest BCUT2D eigenvalue weighted by atomic mass is 15.3. The molecule has 0 aliphatic carbocycles. The Labute approximate surface area is 153 Å². The fourth-order valence-electron chi connectivity index (χ4n) is 3.22. The van der Waals surface area contributed by atoms with Crippen molar-refractivity contribution >= 4 is 11.6 Å². The molecule has 0 radical (unpaired) electrons. The van der Waals surface area contributed by atoms with Gasteiger partial charge < -0.3 is 15.5 Å². The molecule has 2 N–H and O–H groups in total. The van der Waals surface area contributed by atoms with Crippen molar-refractivity contribution in [1.29, 1.82) is 0 Å². The van der Waals surface area contributed by atoms with Gasteiger partial charge in [0, 0.05) is 56.9 Å². The van der Waals surface area contributed by atoms with Crippen LogP contribution in [0.3, 0.4) is 0 Å². The fraction of sp³-hybridized carbons (Fsp3) is 0.250. The second-order valence-electron chi connectivity index (χ2n) is 6.36. The quantitative estimate of drug-likeness (QED) is 0.782. The van der Waals surface area contributed by atoms with Gasteiger partial charge in [-0.25, -0.2) is 9.97 Å². The molecule has 0 spiro atoms. The van der Waals surface area contributed by atoms with Crippen LogP contribution < -0.4 is 15.5 Å². The van der Waals surface area contributed by atoms with Crippen molar-refractivity contribution in [3.05, 3.63) is 66.7 Å². The average Bonchev–Trinajstić information content (AvgIpc) is 2.75. The Morgan fingerprint density at radius 3 is 2.31 bits per heavy atom. The highest BCUT2D eigenvalue weighted by Crippen LogP contribution is 2.21. The standard InChI is InChI=1S/C20H22N6/c21-12-16-3-1-4-17(11-16)18-13-23-20(24-14-18)26-9-7-25(8-10-26)19-5-2-6-22-15-19/h1-6,11,13-15H,7-10,12,21H2. The number of aromatic nitrogens is 3. The first-order chi connectivity index (χ1) is 12.8. The third-order valence-electron chi connectivity index (χ3n) is 4.71. The summed E-state index contributed by atoms with van der Waals surface area (Å²) in [6.07, 6.45) is 7.51. The number of nitrogens with two attached hydrogens (primary N) is 1. The van der Waals surface area contributed by atoms with Gasteiger partial charge >= 0.3 is 0 Å². The molecule has 0 unspecified atom stereocenters. The molecule has 0 bridgehead atoms. The first kappa shape index (κ1) is 16.5. The number of pyridine rings is 1. The summed E-state index contributed by atoms with van der Waals surface area (Å²) in [6.45, 7) is 4.21. The zero-order chi connectivity index (χ0) is 17.8. The van der Waals surface area contributed by atoms with E-state index in [0.29, 0.717) is 6.54 Å². The van der Waals surface area contributed by atoms with E-state index < -0.39 is 0 Å². The maximum Gasteiger partial charge on any atom is 0.225 e. The maximum atomic E-state index is 5.73. The van der Waals surface area contributed by atoms with Crippen LogP contribution in [0, 0.1) is 0 Å². The average molecular weight is 346 g/mol. The van der Waals surface area contributed by atoms with E-state index in [9.17, 15) is 0 Å². The summed E-state index contributed by atoms with van der Waals surface area (Å²) < 4.78 is 0. The summed E-state index contributed by atoms with van der Waals surface area (Å²) in [6, 6.07) is 12.3. The first-order valence-corrected chi connectivity index (χ1v) is 8.85. The molecule has 0 atom stereocenters. The van der Waals surface area contributed by atoms with Crippen molar-refractivity contribution in [1.82, 2.24) is 15.0 Å². The molecule has 6 nitrogen and oxygen atoms in total. The van der Waals surface area contributed by atoms with Crippen molar-refractivity contribution in [2.24, 2.45) is 5.73 Å². The maximum absolute atomic E-state index is 5.73. The minimum Gasteiger partial charge on any atom is -0.367 e. The van der Waals surface area contributed by atoms with E-state index in [0.717, 1.165) is 48.8 Å². The number of hydrogen-bond donors (Lipinski definition) is 1. The predicted octanol–water partition coefficient (Wildman–Crippen LogP) is 2.32. The molecule has 1 aromatic carbocycles. The van der Waals surface area contributed by atoms with Crippen LogP contribution in [-0.4, -0.2) is 41.1 Å². The van der Waals surface area contributed by atoms with Crippen LogP contribution in [0.2, 0.25) is 0 Å². The largest absolute Gasteiger partial charge is 0.367 e. The molecule has 6 heteroatoms. The number of benzene rings is 1. The smallest absolute Gasteiger partial charge is 0.225 e.